The molecule has 0 fully saturated rings. The monoisotopic (exact) mass is 345 g/mol. The van der Waals surface area contributed by atoms with Gasteiger partial charge in [0.15, 0.2) is 0 Å². The number of hydrogen-bond acceptors (Lipinski definition) is 6. The summed E-state index contributed by atoms with van der Waals surface area (Å²) in [7, 11) is 0. The summed E-state index contributed by atoms with van der Waals surface area (Å²) in [6.45, 7) is 3.05. The lowest BCUT2D eigenvalue weighted by atomic mass is 10.0. The number of amides is 1. The van der Waals surface area contributed by atoms with Gasteiger partial charge in [0.05, 0.1) is 46.2 Å². The zero-order chi connectivity index (χ0) is 17.3. The maximum absolute atomic E-state index is 11.7. The van der Waals surface area contributed by atoms with Crippen LogP contribution in [0.1, 0.15) is 32.1 Å². The van der Waals surface area contributed by atoms with Gasteiger partial charge in [-0.2, -0.15) is 0 Å². The van der Waals surface area contributed by atoms with Crippen molar-refractivity contribution < 1.29 is 28.8 Å². The molecule has 1 aliphatic carbocycles. The van der Waals surface area contributed by atoms with Crippen LogP contribution >= 0.6 is 0 Å². The van der Waals surface area contributed by atoms with Crippen LogP contribution in [0, 0.1) is 0 Å². The molecule has 0 spiro atoms. The van der Waals surface area contributed by atoms with E-state index < -0.39 is 6.09 Å². The predicted octanol–water partition coefficient (Wildman–Crippen LogP) is 1.64. The number of allylic oxidation sites excluding steroid dienone is 1. The number of carbonyl (C=O) groups excluding carboxylic acids is 1. The van der Waals surface area contributed by atoms with Crippen molar-refractivity contribution in [2.75, 3.05) is 52.8 Å². The number of alkyl carbamates (subject to hydrolysis) is 1. The summed E-state index contributed by atoms with van der Waals surface area (Å²) in [5, 5.41) is 11.2. The lowest BCUT2D eigenvalue weighted by Crippen LogP contribution is -2.31. The quantitative estimate of drug-likeness (QED) is 0.413. The van der Waals surface area contributed by atoms with Crippen LogP contribution in [0.2, 0.25) is 0 Å². The summed E-state index contributed by atoms with van der Waals surface area (Å²) in [6, 6.07) is 0. The van der Waals surface area contributed by atoms with E-state index in [9.17, 15) is 4.79 Å². The molecule has 0 saturated heterocycles. The Morgan fingerprint density at radius 2 is 1.71 bits per heavy atom. The van der Waals surface area contributed by atoms with E-state index in [1.165, 1.54) is 12.8 Å². The van der Waals surface area contributed by atoms with Crippen molar-refractivity contribution in [1.29, 1.82) is 0 Å². The number of aliphatic hydroxyl groups excluding tert-OH is 1. The third kappa shape index (κ3) is 12.3. The summed E-state index contributed by atoms with van der Waals surface area (Å²) < 4.78 is 21.0. The first kappa shape index (κ1) is 20.9. The number of carbonyl (C=O) groups is 1. The number of ether oxygens (including phenoxy) is 4. The van der Waals surface area contributed by atoms with E-state index in [1.807, 2.05) is 6.08 Å². The SMILES string of the molecule is O=C(NCCOCCOCCOCCO)O[C@H]1/C=C/CCCCC1. The van der Waals surface area contributed by atoms with Crippen molar-refractivity contribution in [2.45, 2.75) is 38.2 Å². The number of nitrogens with one attached hydrogen (secondary N) is 1. The van der Waals surface area contributed by atoms with Gasteiger partial charge >= 0.3 is 6.09 Å². The molecule has 0 aliphatic heterocycles. The summed E-state index contributed by atoms with van der Waals surface area (Å²) in [5.41, 5.74) is 0. The van der Waals surface area contributed by atoms with Gasteiger partial charge in [-0.3, -0.25) is 0 Å². The van der Waals surface area contributed by atoms with Gasteiger partial charge < -0.3 is 29.4 Å². The molecule has 140 valence electrons. The summed E-state index contributed by atoms with van der Waals surface area (Å²) >= 11 is 0. The van der Waals surface area contributed by atoms with Crippen LogP contribution in [-0.2, 0) is 18.9 Å². The van der Waals surface area contributed by atoms with Crippen LogP contribution in [0.5, 0.6) is 0 Å². The molecule has 7 heteroatoms. The zero-order valence-electron chi connectivity index (χ0n) is 14.4. The van der Waals surface area contributed by atoms with Crippen molar-refractivity contribution in [3.63, 3.8) is 0 Å². The number of rotatable bonds is 12. The Morgan fingerprint density at radius 3 is 2.46 bits per heavy atom. The molecule has 1 atom stereocenters. The van der Waals surface area contributed by atoms with Gasteiger partial charge in [0.1, 0.15) is 6.10 Å². The van der Waals surface area contributed by atoms with Crippen molar-refractivity contribution in [3.05, 3.63) is 12.2 Å². The molecule has 2 N–H and O–H groups in total. The van der Waals surface area contributed by atoms with Gasteiger partial charge in [0.2, 0.25) is 0 Å². The lowest BCUT2D eigenvalue weighted by Gasteiger charge is -2.16. The normalized spacial score (nSPS) is 19.3. The Labute approximate surface area is 144 Å². The number of aliphatic hydroxyl groups is 1. The molecule has 0 unspecified atom stereocenters. The smallest absolute Gasteiger partial charge is 0.407 e. The summed E-state index contributed by atoms with van der Waals surface area (Å²) in [5.74, 6) is 0. The predicted molar refractivity (Wildman–Crippen MR) is 90.0 cm³/mol. The molecule has 0 aromatic carbocycles. The fourth-order valence-corrected chi connectivity index (χ4v) is 2.24. The minimum Gasteiger partial charge on any atom is -0.442 e. The van der Waals surface area contributed by atoms with Gasteiger partial charge in [0.25, 0.3) is 0 Å². The first-order chi connectivity index (χ1) is 11.8. The Kier molecular flexibility index (Phi) is 13.4. The molecular formula is C17H31NO6. The van der Waals surface area contributed by atoms with Gasteiger partial charge in [-0.25, -0.2) is 4.79 Å². The third-order valence-electron chi connectivity index (χ3n) is 3.46. The molecule has 1 amide bonds. The highest BCUT2D eigenvalue weighted by Gasteiger charge is 2.11. The molecule has 1 aliphatic rings. The van der Waals surface area contributed by atoms with Crippen LogP contribution in [0.3, 0.4) is 0 Å². The van der Waals surface area contributed by atoms with Gasteiger partial charge in [0, 0.05) is 6.54 Å². The highest BCUT2D eigenvalue weighted by molar-refractivity contribution is 5.67. The largest absolute Gasteiger partial charge is 0.442 e. The highest BCUT2D eigenvalue weighted by atomic mass is 16.6. The zero-order valence-corrected chi connectivity index (χ0v) is 14.4. The van der Waals surface area contributed by atoms with Crippen LogP contribution in [-0.4, -0.2) is 70.1 Å². The molecule has 0 heterocycles. The average Bonchev–Trinajstić information content (AvgIpc) is 2.55. The van der Waals surface area contributed by atoms with E-state index in [-0.39, 0.29) is 12.7 Å². The molecule has 7 nitrogen and oxygen atoms in total. The molecule has 1 rings (SSSR count). The van der Waals surface area contributed by atoms with Crippen LogP contribution < -0.4 is 5.32 Å². The molecule has 0 radical (unpaired) electrons. The maximum atomic E-state index is 11.7. The second-order valence-corrected chi connectivity index (χ2v) is 5.50. The van der Waals surface area contributed by atoms with E-state index in [2.05, 4.69) is 11.4 Å². The Hall–Kier alpha value is -1.15. The van der Waals surface area contributed by atoms with E-state index in [0.29, 0.717) is 46.2 Å². The first-order valence-electron chi connectivity index (χ1n) is 8.78. The summed E-state index contributed by atoms with van der Waals surface area (Å²) in [4.78, 5) is 11.7. The fraction of sp³-hybridized carbons (Fsp3) is 0.824. The van der Waals surface area contributed by atoms with Gasteiger partial charge in [-0.15, -0.1) is 0 Å². The lowest BCUT2D eigenvalue weighted by molar-refractivity contribution is 0.00806. The molecule has 0 saturated carbocycles. The van der Waals surface area contributed by atoms with E-state index >= 15 is 0 Å². The van der Waals surface area contributed by atoms with Crippen molar-refractivity contribution in [1.82, 2.24) is 5.32 Å². The fourth-order valence-electron chi connectivity index (χ4n) is 2.24. The van der Waals surface area contributed by atoms with Gasteiger partial charge in [-0.05, 0) is 31.8 Å². The summed E-state index contributed by atoms with van der Waals surface area (Å²) in [6.07, 6.45) is 9.01. The highest BCUT2D eigenvalue weighted by Crippen LogP contribution is 2.14. The Bertz CT molecular complexity index is 337. The van der Waals surface area contributed by atoms with E-state index in [4.69, 9.17) is 24.1 Å². The van der Waals surface area contributed by atoms with Crippen LogP contribution in [0.15, 0.2) is 12.2 Å². The topological polar surface area (TPSA) is 86.3 Å². The maximum Gasteiger partial charge on any atom is 0.407 e. The Balaban J connectivity index is 1.89. The number of hydrogen-bond donors (Lipinski definition) is 2. The second-order valence-electron chi connectivity index (χ2n) is 5.50. The van der Waals surface area contributed by atoms with Gasteiger partial charge in [-0.1, -0.05) is 12.5 Å². The molecular weight excluding hydrogens is 314 g/mol. The molecule has 0 bridgehead atoms. The third-order valence-corrected chi connectivity index (χ3v) is 3.46. The van der Waals surface area contributed by atoms with E-state index in [1.54, 1.807) is 0 Å². The van der Waals surface area contributed by atoms with Crippen molar-refractivity contribution in [2.24, 2.45) is 0 Å². The van der Waals surface area contributed by atoms with E-state index in [0.717, 1.165) is 19.3 Å². The molecule has 0 aromatic heterocycles. The average molecular weight is 345 g/mol. The van der Waals surface area contributed by atoms with Crippen LogP contribution in [0.25, 0.3) is 0 Å². The standard InChI is InChI=1S/C17H31NO6/c19-9-11-22-13-15-23-14-12-21-10-8-18-17(20)24-16-6-4-2-1-3-5-7-16/h4,6,16,19H,1-3,5,7-15H2,(H,18,20)/b6-4+/t16-/m0/s1. The van der Waals surface area contributed by atoms with Crippen molar-refractivity contribution in [3.8, 4) is 0 Å². The minimum atomic E-state index is -0.397. The van der Waals surface area contributed by atoms with Crippen molar-refractivity contribution >= 4 is 6.09 Å². The molecule has 24 heavy (non-hydrogen) atoms. The minimum absolute atomic E-state index is 0.0234. The Morgan fingerprint density at radius 1 is 1.00 bits per heavy atom. The van der Waals surface area contributed by atoms with Crippen LogP contribution in [0.4, 0.5) is 4.79 Å². The second kappa shape index (κ2) is 15.4. The first-order valence-corrected chi connectivity index (χ1v) is 8.78. The molecule has 0 aromatic rings.